The van der Waals surface area contributed by atoms with Gasteiger partial charge in [0.05, 0.1) is 27.9 Å². The van der Waals surface area contributed by atoms with Crippen molar-refractivity contribution < 1.29 is 14.2 Å². The molecule has 2 rings (SSSR count). The van der Waals surface area contributed by atoms with Gasteiger partial charge in [-0.25, -0.2) is 4.99 Å². The van der Waals surface area contributed by atoms with Gasteiger partial charge in [-0.2, -0.15) is 0 Å². The molecule has 7 nitrogen and oxygen atoms in total. The smallest absolute Gasteiger partial charge is 0.203 e. The van der Waals surface area contributed by atoms with Crippen LogP contribution in [-0.4, -0.2) is 51.8 Å². The summed E-state index contributed by atoms with van der Waals surface area (Å²) in [7, 11) is 4.83. The van der Waals surface area contributed by atoms with E-state index < -0.39 is 0 Å². The zero-order valence-electron chi connectivity index (χ0n) is 20.3. The van der Waals surface area contributed by atoms with Crippen molar-refractivity contribution in [1.29, 1.82) is 0 Å². The molecule has 0 aliphatic heterocycles. The first kappa shape index (κ1) is 25.3. The second-order valence-electron chi connectivity index (χ2n) is 7.36. The van der Waals surface area contributed by atoms with Gasteiger partial charge in [0.1, 0.15) is 0 Å². The molecule has 0 spiro atoms. The molecule has 2 aromatic carbocycles. The standard InChI is InChI=1S/C25H38N4O3/c1-7-26-25(27-16-19-10-12-20(13-11-19)18-29(8-2)9-3)28-17-21-14-22(30-4)24(32-6)23(15-21)31-5/h10-15H,7-9,16-18H2,1-6H3,(H2,26,27,28). The summed E-state index contributed by atoms with van der Waals surface area (Å²) in [5.41, 5.74) is 3.52. The number of hydrogen-bond acceptors (Lipinski definition) is 5. The summed E-state index contributed by atoms with van der Waals surface area (Å²) in [5, 5.41) is 6.71. The topological polar surface area (TPSA) is 67.4 Å². The first-order valence-electron chi connectivity index (χ1n) is 11.2. The Hall–Kier alpha value is -2.93. The summed E-state index contributed by atoms with van der Waals surface area (Å²) in [6, 6.07) is 12.6. The number of methoxy groups -OCH3 is 3. The Morgan fingerprint density at radius 3 is 1.91 bits per heavy atom. The molecule has 0 aliphatic rings. The van der Waals surface area contributed by atoms with Crippen molar-refractivity contribution in [2.45, 2.75) is 40.4 Å². The van der Waals surface area contributed by atoms with Gasteiger partial charge in [0.2, 0.25) is 5.75 Å². The fraction of sp³-hybridized carbons (Fsp3) is 0.480. The fourth-order valence-corrected chi connectivity index (χ4v) is 3.39. The molecule has 0 heterocycles. The number of rotatable bonds is 12. The van der Waals surface area contributed by atoms with E-state index in [0.29, 0.717) is 30.3 Å². The molecular weight excluding hydrogens is 404 g/mol. The van der Waals surface area contributed by atoms with Gasteiger partial charge in [0.15, 0.2) is 17.5 Å². The lowest BCUT2D eigenvalue weighted by atomic mass is 10.1. The van der Waals surface area contributed by atoms with E-state index in [1.165, 1.54) is 11.1 Å². The Morgan fingerprint density at radius 1 is 0.812 bits per heavy atom. The van der Waals surface area contributed by atoms with Crippen LogP contribution in [0.5, 0.6) is 17.2 Å². The second-order valence-corrected chi connectivity index (χ2v) is 7.36. The molecule has 0 saturated heterocycles. The van der Waals surface area contributed by atoms with Crippen LogP contribution in [-0.2, 0) is 19.6 Å². The maximum absolute atomic E-state index is 5.44. The molecule has 176 valence electrons. The van der Waals surface area contributed by atoms with Crippen LogP contribution >= 0.6 is 0 Å². The third-order valence-electron chi connectivity index (χ3n) is 5.27. The first-order valence-corrected chi connectivity index (χ1v) is 11.2. The van der Waals surface area contributed by atoms with Crippen LogP contribution in [0.4, 0.5) is 0 Å². The molecule has 0 fully saturated rings. The molecule has 0 radical (unpaired) electrons. The zero-order valence-corrected chi connectivity index (χ0v) is 20.3. The van der Waals surface area contributed by atoms with Crippen molar-refractivity contribution in [3.8, 4) is 17.2 Å². The highest BCUT2D eigenvalue weighted by molar-refractivity contribution is 5.79. The van der Waals surface area contributed by atoms with E-state index in [-0.39, 0.29) is 0 Å². The van der Waals surface area contributed by atoms with Gasteiger partial charge in [0, 0.05) is 19.6 Å². The Kier molecular flexibility index (Phi) is 10.7. The molecule has 0 atom stereocenters. The summed E-state index contributed by atoms with van der Waals surface area (Å²) in [5.74, 6) is 2.59. The highest BCUT2D eigenvalue weighted by Crippen LogP contribution is 2.38. The minimum Gasteiger partial charge on any atom is -0.493 e. The third kappa shape index (κ3) is 7.34. The molecule has 32 heavy (non-hydrogen) atoms. The summed E-state index contributed by atoms with van der Waals surface area (Å²) in [4.78, 5) is 7.13. The van der Waals surface area contributed by atoms with Gasteiger partial charge in [-0.3, -0.25) is 4.90 Å². The average molecular weight is 443 g/mol. The molecule has 2 N–H and O–H groups in total. The van der Waals surface area contributed by atoms with Crippen LogP contribution in [0.1, 0.15) is 37.5 Å². The van der Waals surface area contributed by atoms with Crippen LogP contribution in [0.25, 0.3) is 0 Å². The number of aliphatic imine (C=N–C) groups is 1. The van der Waals surface area contributed by atoms with E-state index >= 15 is 0 Å². The Labute approximate surface area is 192 Å². The van der Waals surface area contributed by atoms with Crippen LogP contribution in [0, 0.1) is 0 Å². The van der Waals surface area contributed by atoms with E-state index in [9.17, 15) is 0 Å². The van der Waals surface area contributed by atoms with Crippen molar-refractivity contribution in [3.63, 3.8) is 0 Å². The molecule has 0 saturated carbocycles. The maximum atomic E-state index is 5.44. The van der Waals surface area contributed by atoms with E-state index in [0.717, 1.165) is 37.7 Å². The zero-order chi connectivity index (χ0) is 23.3. The van der Waals surface area contributed by atoms with Crippen LogP contribution in [0.15, 0.2) is 41.4 Å². The largest absolute Gasteiger partial charge is 0.493 e. The minimum absolute atomic E-state index is 0.481. The SMILES string of the molecule is CCNC(=NCc1cc(OC)c(OC)c(OC)c1)NCc1ccc(CN(CC)CC)cc1. The molecule has 2 aromatic rings. The van der Waals surface area contributed by atoms with Crippen molar-refractivity contribution in [2.75, 3.05) is 41.0 Å². The Balaban J connectivity index is 2.04. The van der Waals surface area contributed by atoms with Gasteiger partial charge in [-0.15, -0.1) is 0 Å². The number of guanidine groups is 1. The third-order valence-corrected chi connectivity index (χ3v) is 5.27. The van der Waals surface area contributed by atoms with Gasteiger partial charge in [-0.1, -0.05) is 38.1 Å². The summed E-state index contributed by atoms with van der Waals surface area (Å²) in [6.45, 7) is 11.5. The predicted octanol–water partition coefficient (Wildman–Crippen LogP) is 3.81. The highest BCUT2D eigenvalue weighted by atomic mass is 16.5. The lowest BCUT2D eigenvalue weighted by Gasteiger charge is -2.18. The predicted molar refractivity (Wildman–Crippen MR) is 131 cm³/mol. The Bertz CT molecular complexity index is 824. The van der Waals surface area contributed by atoms with Crippen molar-refractivity contribution in [2.24, 2.45) is 4.99 Å². The van der Waals surface area contributed by atoms with E-state index in [4.69, 9.17) is 19.2 Å². The number of benzene rings is 2. The summed E-state index contributed by atoms with van der Waals surface area (Å²) >= 11 is 0. The second kappa shape index (κ2) is 13.5. The first-order chi connectivity index (χ1) is 15.6. The van der Waals surface area contributed by atoms with Gasteiger partial charge in [0.25, 0.3) is 0 Å². The van der Waals surface area contributed by atoms with Crippen molar-refractivity contribution >= 4 is 5.96 Å². The molecule has 0 bridgehead atoms. The number of nitrogens with one attached hydrogen (secondary N) is 2. The Morgan fingerprint density at radius 2 is 1.41 bits per heavy atom. The van der Waals surface area contributed by atoms with Crippen LogP contribution < -0.4 is 24.8 Å². The van der Waals surface area contributed by atoms with Crippen LogP contribution in [0.3, 0.4) is 0 Å². The fourth-order valence-electron chi connectivity index (χ4n) is 3.39. The maximum Gasteiger partial charge on any atom is 0.203 e. The molecule has 7 heteroatoms. The van der Waals surface area contributed by atoms with Crippen LogP contribution in [0.2, 0.25) is 0 Å². The molecule has 0 aliphatic carbocycles. The quantitative estimate of drug-likeness (QED) is 0.385. The monoisotopic (exact) mass is 442 g/mol. The van der Waals surface area contributed by atoms with E-state index in [1.807, 2.05) is 12.1 Å². The minimum atomic E-state index is 0.481. The van der Waals surface area contributed by atoms with Crippen molar-refractivity contribution in [1.82, 2.24) is 15.5 Å². The van der Waals surface area contributed by atoms with Crippen molar-refractivity contribution in [3.05, 3.63) is 53.1 Å². The summed E-state index contributed by atoms with van der Waals surface area (Å²) in [6.07, 6.45) is 0. The lowest BCUT2D eigenvalue weighted by molar-refractivity contribution is 0.296. The number of ether oxygens (including phenoxy) is 3. The summed E-state index contributed by atoms with van der Waals surface area (Å²) < 4.78 is 16.3. The molecular formula is C25H38N4O3. The van der Waals surface area contributed by atoms with Gasteiger partial charge in [-0.05, 0) is 48.8 Å². The molecule has 0 unspecified atom stereocenters. The van der Waals surface area contributed by atoms with Gasteiger partial charge < -0.3 is 24.8 Å². The molecule has 0 aromatic heterocycles. The number of nitrogens with zero attached hydrogens (tertiary/aromatic N) is 2. The number of hydrogen-bond donors (Lipinski definition) is 2. The van der Waals surface area contributed by atoms with E-state index in [2.05, 4.69) is 60.6 Å². The van der Waals surface area contributed by atoms with Gasteiger partial charge >= 0.3 is 0 Å². The average Bonchev–Trinajstić information content (AvgIpc) is 2.84. The highest BCUT2D eigenvalue weighted by Gasteiger charge is 2.13. The molecule has 0 amide bonds. The normalized spacial score (nSPS) is 11.4. The van der Waals surface area contributed by atoms with E-state index in [1.54, 1.807) is 21.3 Å². The lowest BCUT2D eigenvalue weighted by Crippen LogP contribution is -2.36.